The number of thiophene rings is 1. The van der Waals surface area contributed by atoms with Crippen molar-refractivity contribution in [2.75, 3.05) is 6.54 Å². The molecule has 1 aromatic heterocycles. The third-order valence-electron chi connectivity index (χ3n) is 2.78. The van der Waals surface area contributed by atoms with Crippen molar-refractivity contribution in [2.45, 2.75) is 17.4 Å². The molecule has 1 unspecified atom stereocenters. The third kappa shape index (κ3) is 4.55. The number of carboxylic acid groups (broad SMARTS) is 1. The Bertz CT molecular complexity index is 698. The molecule has 0 aliphatic carbocycles. The molecule has 1 heterocycles. The molecule has 118 valence electrons. The van der Waals surface area contributed by atoms with Gasteiger partial charge in [0.05, 0.1) is 4.90 Å². The highest BCUT2D eigenvalue weighted by Crippen LogP contribution is 2.20. The van der Waals surface area contributed by atoms with Gasteiger partial charge >= 0.3 is 5.97 Å². The van der Waals surface area contributed by atoms with Gasteiger partial charge in [-0.1, -0.05) is 18.2 Å². The smallest absolute Gasteiger partial charge is 0.344 e. The number of aliphatic carboxylic acids is 1. The maximum Gasteiger partial charge on any atom is 0.344 e. The summed E-state index contributed by atoms with van der Waals surface area (Å²) in [6.45, 7) is -0.0282. The Balaban J connectivity index is 1.92. The highest BCUT2D eigenvalue weighted by atomic mass is 32.2. The number of hydrogen-bond acceptors (Lipinski definition) is 5. The van der Waals surface area contributed by atoms with Gasteiger partial charge in [0.25, 0.3) is 0 Å². The highest BCUT2D eigenvalue weighted by molar-refractivity contribution is 7.89. The molecule has 0 fully saturated rings. The minimum absolute atomic E-state index is 0.0271. The monoisotopic (exact) mass is 341 g/mol. The summed E-state index contributed by atoms with van der Waals surface area (Å²) in [4.78, 5) is 11.3. The van der Waals surface area contributed by atoms with Crippen LogP contribution in [0, 0.1) is 0 Å². The first kappa shape index (κ1) is 16.5. The molecular weight excluding hydrogens is 326 g/mol. The normalized spacial score (nSPS) is 12.7. The topological polar surface area (TPSA) is 92.7 Å². The molecule has 8 heteroatoms. The number of rotatable bonds is 8. The van der Waals surface area contributed by atoms with Crippen LogP contribution < -0.4 is 9.46 Å². The molecule has 1 aromatic carbocycles. The van der Waals surface area contributed by atoms with Gasteiger partial charge in [-0.15, -0.1) is 11.3 Å². The number of carbonyl (C=O) groups is 1. The molecule has 2 N–H and O–H groups in total. The number of benzene rings is 1. The Labute approximate surface area is 132 Å². The van der Waals surface area contributed by atoms with Crippen LogP contribution in [0.25, 0.3) is 0 Å². The molecule has 0 spiro atoms. The zero-order valence-electron chi connectivity index (χ0n) is 11.5. The van der Waals surface area contributed by atoms with Crippen LogP contribution >= 0.6 is 11.3 Å². The summed E-state index contributed by atoms with van der Waals surface area (Å²) in [7, 11) is -3.64. The average molecular weight is 341 g/mol. The summed E-state index contributed by atoms with van der Waals surface area (Å²) in [5.41, 5.74) is 0. The zero-order chi connectivity index (χ0) is 16.0. The van der Waals surface area contributed by atoms with Gasteiger partial charge < -0.3 is 9.84 Å². The predicted octanol–water partition coefficient (Wildman–Crippen LogP) is 1.95. The Morgan fingerprint density at radius 2 is 1.95 bits per heavy atom. The molecule has 1 atom stereocenters. The van der Waals surface area contributed by atoms with Crippen LogP contribution in [0.3, 0.4) is 0 Å². The number of ether oxygens (including phenoxy) is 1. The van der Waals surface area contributed by atoms with E-state index in [0.29, 0.717) is 5.06 Å². The van der Waals surface area contributed by atoms with Gasteiger partial charge in [0.2, 0.25) is 10.0 Å². The van der Waals surface area contributed by atoms with Gasteiger partial charge in [-0.2, -0.15) is 0 Å². The Kier molecular flexibility index (Phi) is 5.53. The molecule has 0 bridgehead atoms. The van der Waals surface area contributed by atoms with E-state index < -0.39 is 22.1 Å². The predicted molar refractivity (Wildman–Crippen MR) is 82.6 cm³/mol. The van der Waals surface area contributed by atoms with E-state index in [-0.39, 0.29) is 17.9 Å². The van der Waals surface area contributed by atoms with Crippen molar-refractivity contribution in [3.63, 3.8) is 0 Å². The van der Waals surface area contributed by atoms with Gasteiger partial charge in [0.1, 0.15) is 0 Å². The summed E-state index contributed by atoms with van der Waals surface area (Å²) in [6.07, 6.45) is -1.07. The van der Waals surface area contributed by atoms with E-state index in [2.05, 4.69) is 4.72 Å². The first-order valence-corrected chi connectivity index (χ1v) is 8.83. The van der Waals surface area contributed by atoms with E-state index in [4.69, 9.17) is 9.84 Å². The fraction of sp³-hybridized carbons (Fsp3) is 0.214. The fourth-order valence-electron chi connectivity index (χ4n) is 1.71. The number of carboxylic acids is 1. The van der Waals surface area contributed by atoms with Gasteiger partial charge in [-0.3, -0.25) is 0 Å². The van der Waals surface area contributed by atoms with Crippen LogP contribution in [-0.2, 0) is 14.8 Å². The number of hydrogen-bond donors (Lipinski definition) is 2. The lowest BCUT2D eigenvalue weighted by Gasteiger charge is -2.14. The Hall–Kier alpha value is -1.90. The second-order valence-corrected chi connectivity index (χ2v) is 7.05. The van der Waals surface area contributed by atoms with Crippen LogP contribution in [0.15, 0.2) is 52.7 Å². The van der Waals surface area contributed by atoms with E-state index in [0.717, 1.165) is 0 Å². The molecular formula is C14H15NO5S2. The lowest BCUT2D eigenvalue weighted by Crippen LogP contribution is -2.33. The standard InChI is InChI=1S/C14H15NO5S2/c16-14(17)12(20-13-7-4-10-21-13)8-9-15-22(18,19)11-5-2-1-3-6-11/h1-7,10,12,15H,8-9H2,(H,16,17). The van der Waals surface area contributed by atoms with Crippen molar-refractivity contribution in [2.24, 2.45) is 0 Å². The molecule has 0 aliphatic rings. The molecule has 0 aliphatic heterocycles. The lowest BCUT2D eigenvalue weighted by molar-refractivity contribution is -0.145. The Morgan fingerprint density at radius 1 is 1.23 bits per heavy atom. The summed E-state index contributed by atoms with van der Waals surface area (Å²) in [6, 6.07) is 11.3. The second kappa shape index (κ2) is 7.39. The van der Waals surface area contributed by atoms with Crippen LogP contribution in [0.2, 0.25) is 0 Å². The van der Waals surface area contributed by atoms with E-state index in [1.807, 2.05) is 0 Å². The lowest BCUT2D eigenvalue weighted by atomic mass is 10.2. The van der Waals surface area contributed by atoms with Crippen molar-refractivity contribution in [3.05, 3.63) is 47.8 Å². The van der Waals surface area contributed by atoms with Crippen molar-refractivity contribution >= 4 is 27.3 Å². The van der Waals surface area contributed by atoms with Crippen LogP contribution in [0.5, 0.6) is 5.06 Å². The van der Waals surface area contributed by atoms with Crippen LogP contribution in [0.1, 0.15) is 6.42 Å². The van der Waals surface area contributed by atoms with Crippen LogP contribution in [0.4, 0.5) is 0 Å². The van der Waals surface area contributed by atoms with E-state index in [1.54, 1.807) is 35.7 Å². The van der Waals surface area contributed by atoms with Crippen molar-refractivity contribution in [1.29, 1.82) is 0 Å². The van der Waals surface area contributed by atoms with Gasteiger partial charge in [-0.25, -0.2) is 17.9 Å². The van der Waals surface area contributed by atoms with E-state index >= 15 is 0 Å². The minimum atomic E-state index is -3.64. The van der Waals surface area contributed by atoms with E-state index in [1.165, 1.54) is 23.5 Å². The summed E-state index contributed by atoms with van der Waals surface area (Å²) in [5.74, 6) is -1.13. The fourth-order valence-corrected chi connectivity index (χ4v) is 3.40. The zero-order valence-corrected chi connectivity index (χ0v) is 13.1. The molecule has 22 heavy (non-hydrogen) atoms. The molecule has 0 amide bonds. The first-order chi connectivity index (χ1) is 10.5. The van der Waals surface area contributed by atoms with Gasteiger partial charge in [0, 0.05) is 13.0 Å². The second-order valence-electron chi connectivity index (χ2n) is 4.38. The van der Waals surface area contributed by atoms with Crippen molar-refractivity contribution in [3.8, 4) is 5.06 Å². The quantitative estimate of drug-likeness (QED) is 0.765. The van der Waals surface area contributed by atoms with Crippen LogP contribution in [-0.4, -0.2) is 32.1 Å². The number of sulfonamides is 1. The summed E-state index contributed by atoms with van der Waals surface area (Å²) >= 11 is 1.28. The molecule has 6 nitrogen and oxygen atoms in total. The Morgan fingerprint density at radius 3 is 2.55 bits per heavy atom. The molecule has 2 aromatic rings. The minimum Gasteiger partial charge on any atom is -0.479 e. The van der Waals surface area contributed by atoms with Crippen molar-refractivity contribution in [1.82, 2.24) is 4.72 Å². The maximum atomic E-state index is 12.0. The van der Waals surface area contributed by atoms with E-state index in [9.17, 15) is 13.2 Å². The SMILES string of the molecule is O=C(O)C(CCNS(=O)(=O)c1ccccc1)Oc1cccs1. The van der Waals surface area contributed by atoms with Gasteiger partial charge in [0.15, 0.2) is 11.2 Å². The largest absolute Gasteiger partial charge is 0.479 e. The maximum absolute atomic E-state index is 12.0. The first-order valence-electron chi connectivity index (χ1n) is 6.47. The highest BCUT2D eigenvalue weighted by Gasteiger charge is 2.21. The molecule has 0 saturated heterocycles. The number of nitrogens with one attached hydrogen (secondary N) is 1. The van der Waals surface area contributed by atoms with Gasteiger partial charge in [-0.05, 0) is 29.6 Å². The third-order valence-corrected chi connectivity index (χ3v) is 5.02. The van der Waals surface area contributed by atoms with Crippen molar-refractivity contribution < 1.29 is 23.1 Å². The molecule has 0 saturated carbocycles. The summed E-state index contributed by atoms with van der Waals surface area (Å²) < 4.78 is 31.7. The molecule has 0 radical (unpaired) electrons. The molecule has 2 rings (SSSR count). The summed E-state index contributed by atoms with van der Waals surface area (Å²) in [5, 5.41) is 11.4. The average Bonchev–Trinajstić information content (AvgIpc) is 3.00.